The van der Waals surface area contributed by atoms with Crippen LogP contribution >= 0.6 is 24.0 Å². The zero-order valence-corrected chi connectivity index (χ0v) is 15.4. The Morgan fingerprint density at radius 2 is 2.14 bits per heavy atom. The van der Waals surface area contributed by atoms with Crippen molar-refractivity contribution in [2.75, 3.05) is 44.3 Å². The van der Waals surface area contributed by atoms with E-state index in [0.29, 0.717) is 0 Å². The zero-order chi connectivity index (χ0) is 14.5. The van der Waals surface area contributed by atoms with Crippen molar-refractivity contribution >= 4 is 35.6 Å². The van der Waals surface area contributed by atoms with Crippen LogP contribution in [0.2, 0.25) is 0 Å². The molecule has 2 aliphatic heterocycles. The molecule has 2 N–H and O–H groups in total. The number of aliphatic imine (C=N–C) groups is 1. The summed E-state index contributed by atoms with van der Waals surface area (Å²) in [5.41, 5.74) is 3.94. The fraction of sp³-hybridized carbons (Fsp3) is 0.562. The van der Waals surface area contributed by atoms with E-state index in [0.717, 1.165) is 58.3 Å². The van der Waals surface area contributed by atoms with E-state index < -0.39 is 0 Å². The van der Waals surface area contributed by atoms with Crippen molar-refractivity contribution in [2.45, 2.75) is 19.9 Å². The quantitative estimate of drug-likeness (QED) is 0.740. The Bertz CT molecular complexity index is 515. The molecule has 5 nitrogen and oxygen atoms in total. The van der Waals surface area contributed by atoms with Crippen molar-refractivity contribution in [2.24, 2.45) is 4.99 Å². The van der Waals surface area contributed by atoms with Crippen LogP contribution in [0.4, 0.5) is 5.69 Å². The van der Waals surface area contributed by atoms with Gasteiger partial charge in [-0.25, -0.2) is 0 Å². The number of hydrogen-bond acceptors (Lipinski definition) is 5. The molecular formula is C16H25IN4O. The minimum Gasteiger partial charge on any atom is -0.378 e. The largest absolute Gasteiger partial charge is 0.378 e. The van der Waals surface area contributed by atoms with Gasteiger partial charge in [0.25, 0.3) is 0 Å². The number of benzene rings is 1. The molecule has 1 fully saturated rings. The summed E-state index contributed by atoms with van der Waals surface area (Å²) < 4.78 is 5.46. The maximum absolute atomic E-state index is 5.46. The molecule has 1 aromatic carbocycles. The third kappa shape index (κ3) is 4.49. The monoisotopic (exact) mass is 416 g/mol. The Kier molecular flexibility index (Phi) is 6.75. The lowest BCUT2D eigenvalue weighted by Gasteiger charge is -2.31. The minimum atomic E-state index is 0. The topological polar surface area (TPSA) is 48.9 Å². The van der Waals surface area contributed by atoms with Crippen molar-refractivity contribution < 1.29 is 4.74 Å². The molecule has 1 saturated heterocycles. The number of morpholine rings is 1. The molecule has 0 spiro atoms. The summed E-state index contributed by atoms with van der Waals surface area (Å²) in [5, 5.41) is 6.72. The molecule has 0 bridgehead atoms. The number of ether oxygens (including phenoxy) is 1. The second-order valence-corrected chi connectivity index (χ2v) is 5.60. The third-order valence-corrected chi connectivity index (χ3v) is 3.94. The Hall–Kier alpha value is -1.02. The van der Waals surface area contributed by atoms with E-state index in [1.807, 2.05) is 0 Å². The van der Waals surface area contributed by atoms with Crippen LogP contribution in [0.1, 0.15) is 17.5 Å². The Balaban J connectivity index is 0.00000176. The standard InChI is InChI=1S/C16H24N4O.HI/c1-13-3-4-14(12-19-16-17-5-2-6-18-16)15(11-13)20-7-9-21-10-8-20;/h3-4,11H,2,5-10,12H2,1H3,(H2,17,18,19);1H. The van der Waals surface area contributed by atoms with Crippen molar-refractivity contribution in [3.63, 3.8) is 0 Å². The van der Waals surface area contributed by atoms with Crippen LogP contribution in [0, 0.1) is 6.92 Å². The van der Waals surface area contributed by atoms with E-state index >= 15 is 0 Å². The first-order valence-corrected chi connectivity index (χ1v) is 7.77. The number of nitrogens with one attached hydrogen (secondary N) is 2. The average Bonchev–Trinajstić information content (AvgIpc) is 2.55. The lowest BCUT2D eigenvalue weighted by atomic mass is 10.1. The van der Waals surface area contributed by atoms with Crippen molar-refractivity contribution in [3.05, 3.63) is 29.3 Å². The average molecular weight is 416 g/mol. The molecule has 0 amide bonds. The highest BCUT2D eigenvalue weighted by Gasteiger charge is 2.15. The highest BCUT2D eigenvalue weighted by molar-refractivity contribution is 14.0. The highest BCUT2D eigenvalue weighted by Crippen LogP contribution is 2.23. The summed E-state index contributed by atoms with van der Waals surface area (Å²) in [4.78, 5) is 6.89. The van der Waals surface area contributed by atoms with Gasteiger partial charge in [0.1, 0.15) is 0 Å². The van der Waals surface area contributed by atoms with E-state index in [9.17, 15) is 0 Å². The molecule has 0 saturated carbocycles. The fourth-order valence-corrected chi connectivity index (χ4v) is 2.75. The molecule has 22 heavy (non-hydrogen) atoms. The molecule has 6 heteroatoms. The first kappa shape index (κ1) is 17.3. The number of hydrogen-bond donors (Lipinski definition) is 2. The van der Waals surface area contributed by atoms with Crippen molar-refractivity contribution in [1.29, 1.82) is 0 Å². The zero-order valence-electron chi connectivity index (χ0n) is 13.1. The van der Waals surface area contributed by atoms with Crippen LogP contribution in [-0.4, -0.2) is 45.4 Å². The molecular weight excluding hydrogens is 391 g/mol. The summed E-state index contributed by atoms with van der Waals surface area (Å²) in [6.45, 7) is 8.44. The third-order valence-electron chi connectivity index (χ3n) is 3.94. The highest BCUT2D eigenvalue weighted by atomic mass is 127. The van der Waals surface area contributed by atoms with Crippen LogP contribution in [0.15, 0.2) is 23.2 Å². The number of nitrogens with zero attached hydrogens (tertiary/aromatic N) is 2. The minimum absolute atomic E-state index is 0. The predicted molar refractivity (Wildman–Crippen MR) is 101 cm³/mol. The molecule has 0 aliphatic carbocycles. The number of halogens is 1. The Morgan fingerprint density at radius 3 is 2.86 bits per heavy atom. The van der Waals surface area contributed by atoms with Gasteiger partial charge in [-0.2, -0.15) is 0 Å². The van der Waals surface area contributed by atoms with Crippen LogP contribution in [0.25, 0.3) is 0 Å². The molecule has 0 aromatic heterocycles. The van der Waals surface area contributed by atoms with Crippen molar-refractivity contribution in [3.8, 4) is 0 Å². The second kappa shape index (κ2) is 8.57. The van der Waals surface area contributed by atoms with E-state index in [-0.39, 0.29) is 24.0 Å². The van der Waals surface area contributed by atoms with Crippen molar-refractivity contribution in [1.82, 2.24) is 10.6 Å². The number of anilines is 1. The molecule has 0 atom stereocenters. The van der Waals surface area contributed by atoms with E-state index in [4.69, 9.17) is 4.74 Å². The second-order valence-electron chi connectivity index (χ2n) is 5.60. The normalized spacial score (nSPS) is 18.0. The van der Waals surface area contributed by atoms with Gasteiger partial charge >= 0.3 is 0 Å². The smallest absolute Gasteiger partial charge is 0.191 e. The summed E-state index contributed by atoms with van der Waals surface area (Å²) in [5.74, 6) is 0.926. The molecule has 122 valence electrons. The summed E-state index contributed by atoms with van der Waals surface area (Å²) in [6, 6.07) is 6.67. The lowest BCUT2D eigenvalue weighted by molar-refractivity contribution is 0.122. The fourth-order valence-electron chi connectivity index (χ4n) is 2.75. The first-order valence-electron chi connectivity index (χ1n) is 7.77. The summed E-state index contributed by atoms with van der Waals surface area (Å²) in [6.07, 6.45) is 1.12. The van der Waals surface area contributed by atoms with Gasteiger partial charge in [-0.05, 0) is 30.5 Å². The molecule has 1 aromatic rings. The Morgan fingerprint density at radius 1 is 1.32 bits per heavy atom. The maximum atomic E-state index is 5.46. The van der Waals surface area contributed by atoms with E-state index in [2.05, 4.69) is 45.6 Å². The van der Waals surface area contributed by atoms with Crippen LogP contribution in [0.3, 0.4) is 0 Å². The van der Waals surface area contributed by atoms with Gasteiger partial charge in [-0.15, -0.1) is 24.0 Å². The molecule has 3 rings (SSSR count). The van der Waals surface area contributed by atoms with E-state index in [1.165, 1.54) is 16.8 Å². The van der Waals surface area contributed by atoms with Crippen LogP contribution in [0.5, 0.6) is 0 Å². The van der Waals surface area contributed by atoms with Gasteiger partial charge in [0.15, 0.2) is 5.96 Å². The summed E-state index contributed by atoms with van der Waals surface area (Å²) >= 11 is 0. The van der Waals surface area contributed by atoms with Gasteiger partial charge < -0.3 is 20.3 Å². The SMILES string of the molecule is Cc1ccc(CNC2=NCCCN2)c(N2CCOCC2)c1.I. The van der Waals surface area contributed by atoms with Gasteiger partial charge in [-0.1, -0.05) is 12.1 Å². The molecule has 0 unspecified atom stereocenters. The predicted octanol–water partition coefficient (Wildman–Crippen LogP) is 1.89. The first-order chi connectivity index (χ1) is 10.3. The van der Waals surface area contributed by atoms with Gasteiger partial charge in [0.05, 0.1) is 13.2 Å². The number of rotatable bonds is 3. The molecule has 0 radical (unpaired) electrons. The number of guanidine groups is 1. The van der Waals surface area contributed by atoms with Crippen LogP contribution < -0.4 is 15.5 Å². The lowest BCUT2D eigenvalue weighted by Crippen LogP contribution is -2.41. The summed E-state index contributed by atoms with van der Waals surface area (Å²) in [7, 11) is 0. The van der Waals surface area contributed by atoms with Crippen LogP contribution in [-0.2, 0) is 11.3 Å². The Labute approximate surface area is 149 Å². The van der Waals surface area contributed by atoms with Gasteiger partial charge in [0.2, 0.25) is 0 Å². The number of aryl methyl sites for hydroxylation is 1. The van der Waals surface area contributed by atoms with E-state index in [1.54, 1.807) is 0 Å². The molecule has 2 aliphatic rings. The van der Waals surface area contributed by atoms with Gasteiger partial charge in [0, 0.05) is 38.4 Å². The maximum Gasteiger partial charge on any atom is 0.191 e. The molecule has 2 heterocycles. The van der Waals surface area contributed by atoms with Gasteiger partial charge in [-0.3, -0.25) is 4.99 Å².